The average Bonchev–Trinajstić information content (AvgIpc) is 0.766. The van der Waals surface area contributed by atoms with Crippen LogP contribution in [0.15, 0.2) is 124 Å². The van der Waals surface area contributed by atoms with Crippen LogP contribution in [0, 0.1) is 46.8 Å². The van der Waals surface area contributed by atoms with Gasteiger partial charge in [0, 0.05) is 60.1 Å². The fraction of sp³-hybridized carbons (Fsp3) is 0.319. The summed E-state index contributed by atoms with van der Waals surface area (Å²) in [5, 5.41) is 46.9. The van der Waals surface area contributed by atoms with Gasteiger partial charge in [-0.25, -0.2) is 41.1 Å². The summed E-state index contributed by atoms with van der Waals surface area (Å²) in [5.41, 5.74) is -1.32. The number of methoxy groups -OCH3 is 2. The van der Waals surface area contributed by atoms with Crippen molar-refractivity contribution in [2.75, 3.05) is 47.8 Å². The van der Waals surface area contributed by atoms with E-state index in [2.05, 4.69) is 4.74 Å². The molecule has 5 N–H and O–H groups in total. The minimum absolute atomic E-state index is 0. The summed E-state index contributed by atoms with van der Waals surface area (Å²) in [6.45, 7) is 12.0. The average molecular weight is 1500 g/mol. The molecule has 0 aliphatic heterocycles. The third-order valence-electron chi connectivity index (χ3n) is 16.3. The normalized spacial score (nSPS) is 11.7. The molecule has 0 bridgehead atoms. The second kappa shape index (κ2) is 40.2. The first-order chi connectivity index (χ1) is 46.9. The number of rotatable bonds is 21. The second-order valence-corrected chi connectivity index (χ2v) is 24.7. The van der Waals surface area contributed by atoms with Crippen molar-refractivity contribution >= 4 is 91.6 Å². The van der Waals surface area contributed by atoms with E-state index >= 15 is 4.39 Å². The second-order valence-electron chi connectivity index (χ2n) is 23.5. The van der Waals surface area contributed by atoms with Crippen LogP contribution in [0.25, 0.3) is 32.7 Å². The van der Waals surface area contributed by atoms with Crippen molar-refractivity contribution in [3.05, 3.63) is 234 Å². The zero-order valence-corrected chi connectivity index (χ0v) is 64.1. The molecular weight excluding hydrogens is 1430 g/mol. The largest absolute Gasteiger partial charge is 1.00 e. The number of pyridine rings is 3. The Balaban J connectivity index is 0.000000389. The van der Waals surface area contributed by atoms with Gasteiger partial charge in [0.2, 0.25) is 16.3 Å². The number of aliphatic hydroxyl groups is 2. The van der Waals surface area contributed by atoms with Crippen LogP contribution in [0.1, 0.15) is 131 Å². The first kappa shape index (κ1) is 89.0. The molecule has 3 atom stereocenters. The molecule has 536 valence electrons. The van der Waals surface area contributed by atoms with Crippen molar-refractivity contribution in [3.63, 3.8) is 0 Å². The van der Waals surface area contributed by atoms with E-state index in [0.717, 1.165) is 25.4 Å². The molecule has 0 spiro atoms. The molecular formula is C72H73Cl3F5N3Na2O17. The summed E-state index contributed by atoms with van der Waals surface area (Å²) in [7, 11) is 3.37. The van der Waals surface area contributed by atoms with Crippen molar-refractivity contribution in [2.24, 2.45) is 17.8 Å². The molecule has 0 fully saturated rings. The quantitative estimate of drug-likeness (QED) is 0.0314. The summed E-state index contributed by atoms with van der Waals surface area (Å²) in [4.78, 5) is 86.5. The van der Waals surface area contributed by atoms with Crippen molar-refractivity contribution in [1.82, 2.24) is 13.7 Å². The third-order valence-corrected chi connectivity index (χ3v) is 17.2. The molecule has 102 heavy (non-hydrogen) atoms. The number of hydrogen-bond acceptors (Lipinski definition) is 15. The van der Waals surface area contributed by atoms with Crippen LogP contribution in [0.2, 0.25) is 15.1 Å². The van der Waals surface area contributed by atoms with Crippen LogP contribution in [-0.4, -0.2) is 111 Å². The number of nitrogens with zero attached hydrogens (tertiary/aromatic N) is 3. The summed E-state index contributed by atoms with van der Waals surface area (Å²) in [6.07, 6.45) is 2.51. The standard InChI is InChI=1S/C26H26ClF2NO6.C23H23ClFNO5.C22H20ClF2NO4.CH3O.2Na.H2O/c1-5-35-25(32)18-12-30(22(14(2)3)13-36-26(33)34-4)21-11-20(28)16(10-17(21)24(18)31)9-15-7-6-8-19(27)23(15)29;1-12(2)19(11-27)26-10-16(23(29)30)22(28)15-8-14(20(31-3)9-18(15)26)7-13-5-4-6-17(24)21(13)25;1-11(2)19(10-27)26-9-15(22(29)30)21(28)14-7-13(17(24)8-18(14)26)6-12-4-3-5-16(23)20(12)25;1-2;;;/h6-8,10-12,14,22H,5,9,13H2,1-4H3;4-6,8-10,12,19,27H,7,11H2,1-3H3,(H,29,30);3-5,7-9,11,19,27H,6,10H2,1-2H3,(H,29,30);1H3;;;1H2/q;;;-1;2*+1;/p-1/t22-;2*19-;;;;/m111..../s1. The van der Waals surface area contributed by atoms with Gasteiger partial charge in [-0.15, -0.1) is 0 Å². The van der Waals surface area contributed by atoms with Crippen LogP contribution in [0.4, 0.5) is 26.7 Å². The van der Waals surface area contributed by atoms with E-state index in [9.17, 15) is 71.5 Å². The van der Waals surface area contributed by atoms with Crippen molar-refractivity contribution in [2.45, 2.75) is 85.9 Å². The maximum absolute atomic E-state index is 15.3. The van der Waals surface area contributed by atoms with Gasteiger partial charge < -0.3 is 63.7 Å². The Labute approximate surface area is 642 Å². The number of carbonyl (C=O) groups excluding carboxylic acids is 2. The zero-order valence-electron chi connectivity index (χ0n) is 57.8. The van der Waals surface area contributed by atoms with Gasteiger partial charge in [-0.05, 0) is 107 Å². The predicted octanol–water partition coefficient (Wildman–Crippen LogP) is 7.18. The van der Waals surface area contributed by atoms with Gasteiger partial charge in [-0.1, -0.05) is 113 Å². The molecule has 0 unspecified atom stereocenters. The summed E-state index contributed by atoms with van der Waals surface area (Å²) >= 11 is 17.5. The molecule has 9 aromatic rings. The smallest absolute Gasteiger partial charge is 0.870 e. The van der Waals surface area contributed by atoms with E-state index < -0.39 is 98.7 Å². The molecule has 0 aliphatic carbocycles. The Kier molecular flexibility index (Phi) is 35.0. The van der Waals surface area contributed by atoms with E-state index in [1.165, 1.54) is 90.3 Å². The monoisotopic (exact) mass is 1500 g/mol. The molecule has 0 aliphatic rings. The topological polar surface area (TPSA) is 305 Å². The maximum atomic E-state index is 15.3. The number of benzene rings is 6. The van der Waals surface area contributed by atoms with Crippen molar-refractivity contribution < 1.29 is 150 Å². The Morgan fingerprint density at radius 1 is 0.500 bits per heavy atom. The van der Waals surface area contributed by atoms with Crippen molar-refractivity contribution in [3.8, 4) is 5.75 Å². The number of halogens is 8. The molecule has 0 saturated carbocycles. The SMILES string of the molecule is CC(C)[C@@H](CO)n1cc(C(=O)O)c(=O)c2cc(Cc3cccc(Cl)c3F)c(F)cc21.CCOC(=O)c1cn([C@H](COC(=O)OC)C(C)C)c2cc(F)c(Cc3cccc(Cl)c3F)cc2c1=O.COc1cc2c(cc1Cc1cccc(Cl)c1F)c(=O)c(C(=O)O)cn2[C@H](CO)C(C)C.C[O-].[Na+].[Na+].[OH-]. The predicted molar refractivity (Wildman–Crippen MR) is 366 cm³/mol. The first-order valence-corrected chi connectivity index (χ1v) is 31.8. The summed E-state index contributed by atoms with van der Waals surface area (Å²) in [6, 6.07) is 19.7. The van der Waals surface area contributed by atoms with Gasteiger partial charge in [0.15, 0.2) is 0 Å². The number of hydrogen-bond donors (Lipinski definition) is 4. The van der Waals surface area contributed by atoms with Gasteiger partial charge in [-0.3, -0.25) is 14.4 Å². The number of carboxylic acid groups (broad SMARTS) is 2. The van der Waals surface area contributed by atoms with E-state index in [1.807, 2.05) is 41.5 Å². The van der Waals surface area contributed by atoms with Gasteiger partial charge in [0.25, 0.3) is 0 Å². The number of aromatic nitrogens is 3. The number of fused-ring (bicyclic) bond motifs is 3. The Hall–Kier alpha value is -7.21. The van der Waals surface area contributed by atoms with Crippen LogP contribution in [0.5, 0.6) is 5.75 Å². The van der Waals surface area contributed by atoms with Crippen LogP contribution >= 0.6 is 34.8 Å². The van der Waals surface area contributed by atoms with E-state index in [1.54, 1.807) is 35.8 Å². The van der Waals surface area contributed by atoms with Gasteiger partial charge in [-0.2, -0.15) is 7.11 Å². The van der Waals surface area contributed by atoms with E-state index in [-0.39, 0.29) is 198 Å². The van der Waals surface area contributed by atoms with E-state index in [4.69, 9.17) is 54.1 Å². The minimum Gasteiger partial charge on any atom is -0.870 e. The fourth-order valence-electron chi connectivity index (χ4n) is 11.1. The fourth-order valence-corrected chi connectivity index (χ4v) is 11.6. The number of aromatic carboxylic acids is 2. The molecule has 20 nitrogen and oxygen atoms in total. The van der Waals surface area contributed by atoms with Crippen molar-refractivity contribution in [1.29, 1.82) is 0 Å². The van der Waals surface area contributed by atoms with Gasteiger partial charge in [0.05, 0.1) is 83.8 Å². The number of aliphatic hydroxyl groups excluding tert-OH is 2. The minimum atomic E-state index is -1.43. The molecule has 9 rings (SSSR count). The molecule has 6 aromatic carbocycles. The molecule has 30 heteroatoms. The van der Waals surface area contributed by atoms with Gasteiger partial charge in [0.1, 0.15) is 58.1 Å². The van der Waals surface area contributed by atoms with Gasteiger partial charge >= 0.3 is 83.2 Å². The maximum Gasteiger partial charge on any atom is 1.00 e. The Morgan fingerprint density at radius 2 is 0.833 bits per heavy atom. The van der Waals surface area contributed by atoms with Crippen LogP contribution in [-0.2, 0) is 33.5 Å². The first-order valence-electron chi connectivity index (χ1n) is 30.7. The zero-order chi connectivity index (χ0) is 73.6. The van der Waals surface area contributed by atoms with Crippen LogP contribution < -0.4 is 85.2 Å². The number of carboxylic acids is 2. The molecule has 0 amide bonds. The number of ether oxygens (including phenoxy) is 4. The third kappa shape index (κ3) is 20.6. The number of carbonyl (C=O) groups is 4. The molecule has 0 radical (unpaired) electrons. The molecule has 3 heterocycles. The van der Waals surface area contributed by atoms with E-state index in [0.29, 0.717) is 22.4 Å². The number of esters is 1. The molecule has 0 saturated heterocycles. The Bertz CT molecular complexity index is 4690. The molecule has 3 aromatic heterocycles. The summed E-state index contributed by atoms with van der Waals surface area (Å²) < 4.78 is 98.1. The summed E-state index contributed by atoms with van der Waals surface area (Å²) in [5.74, 6) is -6.86. The van der Waals surface area contributed by atoms with Crippen LogP contribution in [0.3, 0.4) is 0 Å². The Morgan fingerprint density at radius 3 is 1.17 bits per heavy atom.